The second-order valence-electron chi connectivity index (χ2n) is 5.75. The number of anilines is 1. The number of cyclic esters (lactones) is 1. The van der Waals surface area contributed by atoms with Crippen molar-refractivity contribution < 1.29 is 13.9 Å². The van der Waals surface area contributed by atoms with Crippen LogP contribution in [0.3, 0.4) is 0 Å². The second kappa shape index (κ2) is 7.50. The molecule has 138 valence electrons. The first-order valence-electron chi connectivity index (χ1n) is 7.88. The SMILES string of the molecule is CN=c1sc(-c2ccc(N3C[C@H](CNC(C)=S)OC3=O)cc2F)nn1C. The van der Waals surface area contributed by atoms with Gasteiger partial charge in [-0.2, -0.15) is 5.10 Å². The predicted molar refractivity (Wildman–Crippen MR) is 102 cm³/mol. The molecule has 1 aromatic heterocycles. The molecule has 0 saturated carbocycles. The molecule has 26 heavy (non-hydrogen) atoms. The fourth-order valence-electron chi connectivity index (χ4n) is 2.59. The molecule has 1 aliphatic rings. The van der Waals surface area contributed by atoms with Crippen molar-refractivity contribution in [3.8, 4) is 10.6 Å². The van der Waals surface area contributed by atoms with Gasteiger partial charge in [-0.1, -0.05) is 23.6 Å². The van der Waals surface area contributed by atoms with E-state index in [9.17, 15) is 9.18 Å². The minimum Gasteiger partial charge on any atom is -0.442 e. The van der Waals surface area contributed by atoms with E-state index in [0.29, 0.717) is 39.1 Å². The molecule has 1 aliphatic heterocycles. The average molecular weight is 395 g/mol. The number of hydrogen-bond acceptors (Lipinski definition) is 6. The van der Waals surface area contributed by atoms with Crippen molar-refractivity contribution >= 4 is 40.3 Å². The molecule has 1 atom stereocenters. The minimum atomic E-state index is -0.501. The molecule has 0 aliphatic carbocycles. The lowest BCUT2D eigenvalue weighted by atomic mass is 10.2. The van der Waals surface area contributed by atoms with E-state index in [1.165, 1.54) is 22.3 Å². The first-order chi connectivity index (χ1) is 12.4. The van der Waals surface area contributed by atoms with Crippen LogP contribution in [0.5, 0.6) is 0 Å². The number of aryl methyl sites for hydroxylation is 1. The molecule has 7 nitrogen and oxygen atoms in total. The highest BCUT2D eigenvalue weighted by molar-refractivity contribution is 7.80. The van der Waals surface area contributed by atoms with Crippen molar-refractivity contribution in [2.75, 3.05) is 25.0 Å². The Hall–Kier alpha value is -2.33. The summed E-state index contributed by atoms with van der Waals surface area (Å²) in [4.78, 5) is 18.9. The van der Waals surface area contributed by atoms with Crippen molar-refractivity contribution in [2.24, 2.45) is 12.0 Å². The van der Waals surface area contributed by atoms with Gasteiger partial charge in [-0.3, -0.25) is 9.89 Å². The molecule has 0 spiro atoms. The fourth-order valence-corrected chi connectivity index (χ4v) is 3.55. The van der Waals surface area contributed by atoms with Gasteiger partial charge in [0.1, 0.15) is 16.9 Å². The summed E-state index contributed by atoms with van der Waals surface area (Å²) < 4.78 is 21.5. The number of ether oxygens (including phenoxy) is 1. The Kier molecular flexibility index (Phi) is 5.33. The Morgan fingerprint density at radius 1 is 1.58 bits per heavy atom. The lowest BCUT2D eigenvalue weighted by Crippen LogP contribution is -2.32. The number of amides is 1. The minimum absolute atomic E-state index is 0.332. The number of aromatic nitrogens is 2. The topological polar surface area (TPSA) is 71.8 Å². The number of nitrogens with zero attached hydrogens (tertiary/aromatic N) is 4. The van der Waals surface area contributed by atoms with E-state index >= 15 is 0 Å². The summed E-state index contributed by atoms with van der Waals surface area (Å²) in [5.41, 5.74) is 0.811. The van der Waals surface area contributed by atoms with Gasteiger partial charge in [0.05, 0.1) is 23.8 Å². The van der Waals surface area contributed by atoms with E-state index in [0.717, 1.165) is 0 Å². The van der Waals surface area contributed by atoms with Gasteiger partial charge in [-0.25, -0.2) is 13.9 Å². The quantitative estimate of drug-likeness (QED) is 0.803. The van der Waals surface area contributed by atoms with Crippen LogP contribution < -0.4 is 15.0 Å². The van der Waals surface area contributed by atoms with Gasteiger partial charge in [0.15, 0.2) is 0 Å². The summed E-state index contributed by atoms with van der Waals surface area (Å²) >= 11 is 6.25. The fraction of sp³-hybridized carbons (Fsp3) is 0.375. The summed E-state index contributed by atoms with van der Waals surface area (Å²) in [6.45, 7) is 2.52. The van der Waals surface area contributed by atoms with Gasteiger partial charge < -0.3 is 10.1 Å². The molecule has 1 N–H and O–H groups in total. The van der Waals surface area contributed by atoms with E-state index in [1.54, 1.807) is 37.8 Å². The van der Waals surface area contributed by atoms with E-state index < -0.39 is 11.9 Å². The third-order valence-corrected chi connectivity index (χ3v) is 5.11. The van der Waals surface area contributed by atoms with Crippen LogP contribution in [0.25, 0.3) is 10.6 Å². The molecular formula is C16H18FN5O2S2. The van der Waals surface area contributed by atoms with Crippen LogP contribution in [0.15, 0.2) is 23.2 Å². The van der Waals surface area contributed by atoms with E-state index in [-0.39, 0.29) is 6.10 Å². The number of hydrogen-bond donors (Lipinski definition) is 1. The van der Waals surface area contributed by atoms with Crippen molar-refractivity contribution in [3.05, 3.63) is 28.8 Å². The number of benzene rings is 1. The van der Waals surface area contributed by atoms with Crippen LogP contribution in [0.1, 0.15) is 6.92 Å². The maximum atomic E-state index is 14.6. The highest BCUT2D eigenvalue weighted by Gasteiger charge is 2.32. The maximum Gasteiger partial charge on any atom is 0.414 e. The summed E-state index contributed by atoms with van der Waals surface area (Å²) in [6, 6.07) is 4.62. The molecule has 0 bridgehead atoms. The molecule has 2 heterocycles. The highest BCUT2D eigenvalue weighted by Crippen LogP contribution is 2.29. The summed E-state index contributed by atoms with van der Waals surface area (Å²) in [6.07, 6.45) is -0.839. The summed E-state index contributed by atoms with van der Waals surface area (Å²) in [5.74, 6) is -0.455. The molecule has 1 saturated heterocycles. The lowest BCUT2D eigenvalue weighted by molar-refractivity contribution is 0.143. The second-order valence-corrected chi connectivity index (χ2v) is 7.32. The zero-order valence-corrected chi connectivity index (χ0v) is 16.2. The Morgan fingerprint density at radius 2 is 2.35 bits per heavy atom. The molecule has 0 unspecified atom stereocenters. The van der Waals surface area contributed by atoms with E-state index in [4.69, 9.17) is 17.0 Å². The molecule has 1 amide bonds. The molecular weight excluding hydrogens is 377 g/mol. The number of thiocarbonyl (C=S) groups is 1. The van der Waals surface area contributed by atoms with Crippen molar-refractivity contribution in [2.45, 2.75) is 13.0 Å². The summed E-state index contributed by atoms with van der Waals surface area (Å²) in [7, 11) is 3.41. The zero-order valence-electron chi connectivity index (χ0n) is 14.5. The predicted octanol–water partition coefficient (Wildman–Crippen LogP) is 2.08. The first kappa shape index (κ1) is 18.5. The van der Waals surface area contributed by atoms with Crippen LogP contribution in [-0.4, -0.2) is 47.1 Å². The molecule has 3 rings (SSSR count). The maximum absolute atomic E-state index is 14.6. The highest BCUT2D eigenvalue weighted by atomic mass is 32.1. The van der Waals surface area contributed by atoms with Gasteiger partial charge in [0, 0.05) is 19.7 Å². The third kappa shape index (κ3) is 3.75. The number of carbonyl (C=O) groups excluding carboxylic acids is 1. The zero-order chi connectivity index (χ0) is 18.8. The Balaban J connectivity index is 1.81. The van der Waals surface area contributed by atoms with Crippen molar-refractivity contribution in [1.29, 1.82) is 0 Å². The third-order valence-electron chi connectivity index (χ3n) is 3.84. The standard InChI is InChI=1S/C16H18FN5O2S2/c1-9(25)19-7-11-8-22(16(23)24-11)10-4-5-12(13(17)6-10)14-20-21(3)15(18-2)26-14/h4-6,11H,7-8H2,1-3H3,(H,19,25)/t11-/m0/s1. The molecule has 1 aromatic carbocycles. The molecule has 10 heteroatoms. The van der Waals surface area contributed by atoms with Crippen LogP contribution in [-0.2, 0) is 11.8 Å². The monoisotopic (exact) mass is 395 g/mol. The number of carbonyl (C=O) groups is 1. The van der Waals surface area contributed by atoms with Crippen molar-refractivity contribution in [1.82, 2.24) is 15.1 Å². The first-order valence-corrected chi connectivity index (χ1v) is 9.11. The van der Waals surface area contributed by atoms with Crippen LogP contribution >= 0.6 is 23.6 Å². The lowest BCUT2D eigenvalue weighted by Gasteiger charge is -2.14. The number of halogens is 1. The van der Waals surface area contributed by atoms with Gasteiger partial charge in [0.2, 0.25) is 4.80 Å². The van der Waals surface area contributed by atoms with Crippen LogP contribution in [0.2, 0.25) is 0 Å². The van der Waals surface area contributed by atoms with E-state index in [1.807, 2.05) is 0 Å². The number of nitrogens with one attached hydrogen (secondary N) is 1. The Bertz CT molecular complexity index is 924. The Labute approximate surface area is 159 Å². The van der Waals surface area contributed by atoms with Crippen LogP contribution in [0.4, 0.5) is 14.9 Å². The van der Waals surface area contributed by atoms with Crippen LogP contribution in [0, 0.1) is 5.82 Å². The normalized spacial score (nSPS) is 17.5. The number of rotatable bonds is 4. The Morgan fingerprint density at radius 3 is 2.96 bits per heavy atom. The largest absolute Gasteiger partial charge is 0.442 e. The summed E-state index contributed by atoms with van der Waals surface area (Å²) in [5, 5.41) is 7.78. The average Bonchev–Trinajstić information content (AvgIpc) is 3.15. The van der Waals surface area contributed by atoms with Gasteiger partial charge in [-0.15, -0.1) is 0 Å². The van der Waals surface area contributed by atoms with Gasteiger partial charge in [-0.05, 0) is 25.1 Å². The van der Waals surface area contributed by atoms with E-state index in [2.05, 4.69) is 15.4 Å². The molecule has 1 fully saturated rings. The van der Waals surface area contributed by atoms with Crippen molar-refractivity contribution in [3.63, 3.8) is 0 Å². The molecule has 2 aromatic rings. The molecule has 0 radical (unpaired) electrons. The van der Waals surface area contributed by atoms with Gasteiger partial charge >= 0.3 is 6.09 Å². The smallest absolute Gasteiger partial charge is 0.414 e. The van der Waals surface area contributed by atoms with Gasteiger partial charge in [0.25, 0.3) is 0 Å².